The van der Waals surface area contributed by atoms with Gasteiger partial charge in [0.1, 0.15) is 10.6 Å². The highest BCUT2D eigenvalue weighted by Crippen LogP contribution is 2.52. The van der Waals surface area contributed by atoms with Gasteiger partial charge in [0.25, 0.3) is 5.91 Å². The number of aromatic nitrogens is 1. The number of benzene rings is 1. The maximum absolute atomic E-state index is 13.5. The lowest BCUT2D eigenvalue weighted by Gasteiger charge is -2.39. The Bertz CT molecular complexity index is 1400. The van der Waals surface area contributed by atoms with Crippen LogP contribution in [0.2, 0.25) is 5.02 Å². The number of hydrogen-bond donors (Lipinski definition) is 3. The summed E-state index contributed by atoms with van der Waals surface area (Å²) in [6, 6.07) is 0.610. The Kier molecular flexibility index (Phi) is 7.51. The van der Waals surface area contributed by atoms with Crippen molar-refractivity contribution in [2.24, 2.45) is 12.5 Å². The molecule has 38 heavy (non-hydrogen) atoms. The Hall–Kier alpha value is -3.10. The molecule has 1 aliphatic heterocycles. The van der Waals surface area contributed by atoms with Gasteiger partial charge in [0, 0.05) is 62.2 Å². The molecule has 206 valence electrons. The van der Waals surface area contributed by atoms with Gasteiger partial charge in [-0.1, -0.05) is 11.6 Å². The molecule has 15 heteroatoms. The predicted octanol–water partition coefficient (Wildman–Crippen LogP) is 2.14. The molecule has 2 aromatic rings. The van der Waals surface area contributed by atoms with E-state index in [0.717, 1.165) is 10.8 Å². The van der Waals surface area contributed by atoms with Gasteiger partial charge in [-0.3, -0.25) is 14.4 Å². The van der Waals surface area contributed by atoms with E-state index in [1.54, 1.807) is 6.92 Å². The zero-order valence-corrected chi connectivity index (χ0v) is 22.0. The molecular formula is C23H25ClF3N5O5S. The molecule has 10 nitrogen and oxygen atoms in total. The molecule has 2 fully saturated rings. The second-order valence-electron chi connectivity index (χ2n) is 9.39. The van der Waals surface area contributed by atoms with E-state index in [9.17, 15) is 36.0 Å². The van der Waals surface area contributed by atoms with Gasteiger partial charge < -0.3 is 20.1 Å². The standard InChI is InChI=1S/C23H25ClF3N5O5S/c1-3-28-21(34)22(35)32-7-4-16(23(11-32)5-6-23)30-38(36,37)15-10-31(2)19(17(15)24)20(33)29-12-8-13(25)18(27)14(26)9-12/h8-10,16,30H,3-7,11H2,1-2H3,(H,28,34)(H,29,33). The number of amides is 3. The van der Waals surface area contributed by atoms with Crippen molar-refractivity contribution in [3.63, 3.8) is 0 Å². The van der Waals surface area contributed by atoms with Crippen molar-refractivity contribution < 1.29 is 36.0 Å². The number of likely N-dealkylation sites (N-methyl/N-ethyl adjacent to an activating group) is 1. The zero-order chi connectivity index (χ0) is 28.0. The lowest BCUT2D eigenvalue weighted by Crippen LogP contribution is -2.55. The highest BCUT2D eigenvalue weighted by molar-refractivity contribution is 7.89. The lowest BCUT2D eigenvalue weighted by atomic mass is 9.89. The molecule has 1 spiro atoms. The van der Waals surface area contributed by atoms with Crippen LogP contribution in [-0.4, -0.2) is 61.3 Å². The molecule has 0 radical (unpaired) electrons. The number of piperidine rings is 1. The number of rotatable bonds is 6. The Morgan fingerprint density at radius 2 is 1.79 bits per heavy atom. The molecule has 1 saturated heterocycles. The molecule has 1 atom stereocenters. The highest BCUT2D eigenvalue weighted by Gasteiger charge is 2.54. The van der Waals surface area contributed by atoms with Crippen molar-refractivity contribution in [3.8, 4) is 0 Å². The minimum atomic E-state index is -4.25. The van der Waals surface area contributed by atoms with Gasteiger partial charge in [0.05, 0.1) is 5.02 Å². The van der Waals surface area contributed by atoms with E-state index in [1.807, 2.05) is 0 Å². The summed E-state index contributed by atoms with van der Waals surface area (Å²) in [4.78, 5) is 38.1. The molecule has 1 aliphatic carbocycles. The van der Waals surface area contributed by atoms with Crippen molar-refractivity contribution >= 4 is 45.0 Å². The van der Waals surface area contributed by atoms with Gasteiger partial charge in [-0.2, -0.15) is 0 Å². The van der Waals surface area contributed by atoms with Gasteiger partial charge in [-0.15, -0.1) is 0 Å². The zero-order valence-electron chi connectivity index (χ0n) is 20.4. The van der Waals surface area contributed by atoms with E-state index in [4.69, 9.17) is 11.6 Å². The van der Waals surface area contributed by atoms with Crippen LogP contribution in [0.25, 0.3) is 0 Å². The summed E-state index contributed by atoms with van der Waals surface area (Å²) >= 11 is 6.29. The van der Waals surface area contributed by atoms with E-state index < -0.39 is 67.4 Å². The highest BCUT2D eigenvalue weighted by atomic mass is 35.5. The Balaban J connectivity index is 1.51. The SMILES string of the molecule is CCNC(=O)C(=O)N1CCC(NS(=O)(=O)c2cn(C)c(C(=O)Nc3cc(F)c(F)c(F)c3)c2Cl)C2(CC2)C1. The topological polar surface area (TPSA) is 130 Å². The number of aryl methyl sites for hydroxylation is 1. The summed E-state index contributed by atoms with van der Waals surface area (Å²) < 4.78 is 70.6. The molecule has 4 rings (SSSR count). The molecule has 2 heterocycles. The molecule has 1 aromatic heterocycles. The van der Waals surface area contributed by atoms with Gasteiger partial charge in [0.2, 0.25) is 10.0 Å². The van der Waals surface area contributed by atoms with Crippen LogP contribution in [0.1, 0.15) is 36.7 Å². The minimum absolute atomic E-state index is 0.172. The fourth-order valence-corrected chi connectivity index (χ4v) is 6.72. The Morgan fingerprint density at radius 1 is 1.16 bits per heavy atom. The van der Waals surface area contributed by atoms with Crippen molar-refractivity contribution in [2.75, 3.05) is 25.0 Å². The van der Waals surface area contributed by atoms with E-state index in [-0.39, 0.29) is 30.1 Å². The van der Waals surface area contributed by atoms with Crippen LogP contribution in [0, 0.1) is 22.9 Å². The normalized spacial score (nSPS) is 18.4. The fourth-order valence-electron chi connectivity index (χ4n) is 4.65. The lowest BCUT2D eigenvalue weighted by molar-refractivity contribution is -0.147. The molecule has 2 aliphatic rings. The molecule has 1 aromatic carbocycles. The first-order valence-electron chi connectivity index (χ1n) is 11.7. The van der Waals surface area contributed by atoms with Crippen LogP contribution in [-0.2, 0) is 26.7 Å². The van der Waals surface area contributed by atoms with E-state index >= 15 is 0 Å². The maximum atomic E-state index is 13.5. The van der Waals surface area contributed by atoms with Gasteiger partial charge in [0.15, 0.2) is 17.5 Å². The number of nitrogens with one attached hydrogen (secondary N) is 3. The summed E-state index contributed by atoms with van der Waals surface area (Å²) in [5, 5.41) is 4.22. The summed E-state index contributed by atoms with van der Waals surface area (Å²) in [6.07, 6.45) is 2.70. The quantitative estimate of drug-likeness (QED) is 0.359. The van der Waals surface area contributed by atoms with Gasteiger partial charge in [-0.25, -0.2) is 26.3 Å². The second-order valence-corrected chi connectivity index (χ2v) is 11.4. The molecular weight excluding hydrogens is 551 g/mol. The first-order chi connectivity index (χ1) is 17.8. The number of nitrogens with zero attached hydrogens (tertiary/aromatic N) is 2. The van der Waals surface area contributed by atoms with Crippen LogP contribution < -0.4 is 15.4 Å². The number of anilines is 1. The number of halogens is 4. The summed E-state index contributed by atoms with van der Waals surface area (Å²) in [6.45, 7) is 2.39. The summed E-state index contributed by atoms with van der Waals surface area (Å²) in [7, 11) is -2.89. The number of carbonyl (C=O) groups excluding carboxylic acids is 3. The Labute approximate surface area is 221 Å². The average molecular weight is 576 g/mol. The second kappa shape index (κ2) is 10.2. The predicted molar refractivity (Wildman–Crippen MR) is 130 cm³/mol. The minimum Gasteiger partial charge on any atom is -0.348 e. The van der Waals surface area contributed by atoms with Crippen LogP contribution in [0.3, 0.4) is 0 Å². The van der Waals surface area contributed by atoms with Crippen LogP contribution in [0.15, 0.2) is 23.2 Å². The third kappa shape index (κ3) is 5.24. The molecule has 1 unspecified atom stereocenters. The van der Waals surface area contributed by atoms with Crippen LogP contribution >= 0.6 is 11.6 Å². The van der Waals surface area contributed by atoms with Crippen molar-refractivity contribution in [2.45, 2.75) is 37.1 Å². The third-order valence-electron chi connectivity index (χ3n) is 6.78. The van der Waals surface area contributed by atoms with E-state index in [2.05, 4.69) is 15.4 Å². The van der Waals surface area contributed by atoms with Crippen LogP contribution in [0.4, 0.5) is 18.9 Å². The van der Waals surface area contributed by atoms with Gasteiger partial charge >= 0.3 is 11.8 Å². The first-order valence-corrected chi connectivity index (χ1v) is 13.6. The molecule has 0 bridgehead atoms. The van der Waals surface area contributed by atoms with Gasteiger partial charge in [-0.05, 0) is 26.2 Å². The van der Waals surface area contributed by atoms with Crippen molar-refractivity contribution in [3.05, 3.63) is 46.5 Å². The average Bonchev–Trinajstić information content (AvgIpc) is 3.54. The number of likely N-dealkylation sites (tertiary alicyclic amines) is 1. The molecule has 3 N–H and O–H groups in total. The molecule has 3 amide bonds. The number of carbonyl (C=O) groups is 3. The van der Waals surface area contributed by atoms with E-state index in [0.29, 0.717) is 31.5 Å². The van der Waals surface area contributed by atoms with Crippen molar-refractivity contribution in [1.82, 2.24) is 19.5 Å². The Morgan fingerprint density at radius 3 is 2.37 bits per heavy atom. The summed E-state index contributed by atoms with van der Waals surface area (Å²) in [5.41, 5.74) is -1.22. The van der Waals surface area contributed by atoms with E-state index in [1.165, 1.54) is 11.9 Å². The van der Waals surface area contributed by atoms with Crippen molar-refractivity contribution in [1.29, 1.82) is 0 Å². The smallest absolute Gasteiger partial charge is 0.311 e. The monoisotopic (exact) mass is 575 g/mol. The van der Waals surface area contributed by atoms with Crippen LogP contribution in [0.5, 0.6) is 0 Å². The maximum Gasteiger partial charge on any atom is 0.311 e. The molecule has 1 saturated carbocycles. The third-order valence-corrected chi connectivity index (χ3v) is 8.75. The summed E-state index contributed by atoms with van der Waals surface area (Å²) in [5.74, 6) is -7.08. The fraction of sp³-hybridized carbons (Fsp3) is 0.435. The first kappa shape index (κ1) is 27.9. The number of sulfonamides is 1. The number of hydrogen-bond acceptors (Lipinski definition) is 5. The largest absolute Gasteiger partial charge is 0.348 e.